The fourth-order valence-corrected chi connectivity index (χ4v) is 3.42. The maximum absolute atomic E-state index is 13.5. The van der Waals surface area contributed by atoms with E-state index in [2.05, 4.69) is 10.0 Å². The third-order valence-electron chi connectivity index (χ3n) is 3.78. The maximum Gasteiger partial charge on any atom is 0.262 e. The molecule has 0 heterocycles. The summed E-state index contributed by atoms with van der Waals surface area (Å²) in [5.41, 5.74) is -0.523. The van der Waals surface area contributed by atoms with Crippen molar-refractivity contribution in [3.05, 3.63) is 53.8 Å². The summed E-state index contributed by atoms with van der Waals surface area (Å²) in [6.07, 6.45) is 0.633. The third kappa shape index (κ3) is 5.46. The molecule has 152 valence electrons. The minimum Gasteiger partial charge on any atom is -0.484 e. The molecule has 2 rings (SSSR count). The van der Waals surface area contributed by atoms with Crippen molar-refractivity contribution in [3.63, 3.8) is 0 Å². The molecule has 0 fully saturated rings. The Bertz CT molecular complexity index is 950. The molecule has 0 aliphatic heterocycles. The van der Waals surface area contributed by atoms with Crippen LogP contribution in [0.3, 0.4) is 0 Å². The van der Waals surface area contributed by atoms with E-state index < -0.39 is 45.7 Å². The van der Waals surface area contributed by atoms with E-state index >= 15 is 0 Å². The van der Waals surface area contributed by atoms with Crippen molar-refractivity contribution in [2.24, 2.45) is 0 Å². The quantitative estimate of drug-likeness (QED) is 0.648. The summed E-state index contributed by atoms with van der Waals surface area (Å²) < 4.78 is 71.5. The number of amides is 1. The Morgan fingerprint density at radius 3 is 2.32 bits per heavy atom. The Balaban J connectivity index is 1.96. The second-order valence-electron chi connectivity index (χ2n) is 5.96. The van der Waals surface area contributed by atoms with Gasteiger partial charge < -0.3 is 10.1 Å². The Kier molecular flexibility index (Phi) is 7.03. The van der Waals surface area contributed by atoms with E-state index in [1.54, 1.807) is 6.92 Å². The lowest BCUT2D eigenvalue weighted by atomic mass is 10.3. The van der Waals surface area contributed by atoms with E-state index in [9.17, 15) is 26.4 Å². The van der Waals surface area contributed by atoms with E-state index in [-0.39, 0.29) is 16.7 Å². The van der Waals surface area contributed by atoms with Crippen LogP contribution in [-0.2, 0) is 14.8 Å². The molecule has 2 N–H and O–H groups in total. The molecule has 0 radical (unpaired) electrons. The highest BCUT2D eigenvalue weighted by Gasteiger charge is 2.17. The van der Waals surface area contributed by atoms with Crippen LogP contribution < -0.4 is 14.8 Å². The summed E-state index contributed by atoms with van der Waals surface area (Å²) in [6, 6.07) is 6.69. The van der Waals surface area contributed by atoms with Gasteiger partial charge in [-0.25, -0.2) is 26.3 Å². The number of anilines is 1. The average molecular weight is 416 g/mol. The van der Waals surface area contributed by atoms with Crippen LogP contribution in [0.15, 0.2) is 41.3 Å². The SMILES string of the molecule is CC[C@H](C)NS(=O)(=O)c1ccc(OCC(=O)Nc2ccc(F)c(F)c2F)cc1. The van der Waals surface area contributed by atoms with Crippen LogP contribution in [0, 0.1) is 17.5 Å². The molecule has 28 heavy (non-hydrogen) atoms. The molecule has 0 aliphatic carbocycles. The Morgan fingerprint density at radius 1 is 1.07 bits per heavy atom. The van der Waals surface area contributed by atoms with Crippen molar-refractivity contribution in [1.82, 2.24) is 4.72 Å². The number of halogens is 3. The summed E-state index contributed by atoms with van der Waals surface area (Å²) in [5, 5.41) is 2.06. The molecule has 0 aromatic heterocycles. The zero-order chi connectivity index (χ0) is 20.9. The van der Waals surface area contributed by atoms with E-state index in [1.165, 1.54) is 24.3 Å². The zero-order valence-corrected chi connectivity index (χ0v) is 15.9. The van der Waals surface area contributed by atoms with Crippen LogP contribution in [-0.4, -0.2) is 27.0 Å². The molecule has 0 bridgehead atoms. The summed E-state index contributed by atoms with van der Waals surface area (Å²) in [5.74, 6) is -5.19. The van der Waals surface area contributed by atoms with Crippen molar-refractivity contribution in [2.75, 3.05) is 11.9 Å². The first kappa shape index (κ1) is 21.7. The number of benzene rings is 2. The lowest BCUT2D eigenvalue weighted by Gasteiger charge is -2.12. The van der Waals surface area contributed by atoms with Gasteiger partial charge in [0, 0.05) is 6.04 Å². The predicted octanol–water partition coefficient (Wildman–Crippen LogP) is 3.20. The number of nitrogens with one attached hydrogen (secondary N) is 2. The first-order valence-electron chi connectivity index (χ1n) is 8.32. The molecule has 1 atom stereocenters. The summed E-state index contributed by atoms with van der Waals surface area (Å²) >= 11 is 0. The number of carbonyl (C=O) groups is 1. The van der Waals surface area contributed by atoms with Gasteiger partial charge >= 0.3 is 0 Å². The Morgan fingerprint density at radius 2 is 1.71 bits per heavy atom. The molecule has 2 aromatic carbocycles. The first-order chi connectivity index (χ1) is 13.1. The van der Waals surface area contributed by atoms with Gasteiger partial charge in [0.1, 0.15) is 5.75 Å². The smallest absolute Gasteiger partial charge is 0.262 e. The zero-order valence-electron chi connectivity index (χ0n) is 15.1. The molecule has 0 aliphatic rings. The second-order valence-corrected chi connectivity index (χ2v) is 7.68. The molecule has 0 saturated heterocycles. The topological polar surface area (TPSA) is 84.5 Å². The van der Waals surface area contributed by atoms with Gasteiger partial charge in [-0.3, -0.25) is 4.79 Å². The minimum atomic E-state index is -3.67. The van der Waals surface area contributed by atoms with E-state index in [4.69, 9.17) is 4.74 Å². The van der Waals surface area contributed by atoms with Crippen LogP contribution in [0.4, 0.5) is 18.9 Å². The molecule has 10 heteroatoms. The Hall–Kier alpha value is -2.59. The number of rotatable bonds is 8. The van der Waals surface area contributed by atoms with Crippen LogP contribution in [0.2, 0.25) is 0 Å². The minimum absolute atomic E-state index is 0.0356. The van der Waals surface area contributed by atoms with Crippen LogP contribution >= 0.6 is 0 Å². The van der Waals surface area contributed by atoms with Crippen LogP contribution in [0.5, 0.6) is 5.75 Å². The highest BCUT2D eigenvalue weighted by Crippen LogP contribution is 2.20. The van der Waals surface area contributed by atoms with Crippen LogP contribution in [0.1, 0.15) is 20.3 Å². The summed E-state index contributed by atoms with van der Waals surface area (Å²) in [4.78, 5) is 11.8. The molecule has 0 spiro atoms. The standard InChI is InChI=1S/C18H19F3N2O4S/c1-3-11(2)23-28(25,26)13-6-4-12(5-7-13)27-10-16(24)22-15-9-8-14(19)17(20)18(15)21/h4-9,11,23H,3,10H2,1-2H3,(H,22,24)/t11-/m0/s1. The van der Waals surface area contributed by atoms with Gasteiger partial charge in [-0.05, 0) is 49.7 Å². The molecular weight excluding hydrogens is 397 g/mol. The molecule has 0 saturated carbocycles. The number of sulfonamides is 1. The van der Waals surface area contributed by atoms with Gasteiger partial charge in [0.05, 0.1) is 10.6 Å². The highest BCUT2D eigenvalue weighted by molar-refractivity contribution is 7.89. The second kappa shape index (κ2) is 9.07. The number of ether oxygens (including phenoxy) is 1. The van der Waals surface area contributed by atoms with Gasteiger partial charge in [-0.2, -0.15) is 0 Å². The number of hydrogen-bond donors (Lipinski definition) is 2. The molecule has 6 nitrogen and oxygen atoms in total. The van der Waals surface area contributed by atoms with E-state index in [0.29, 0.717) is 12.5 Å². The van der Waals surface area contributed by atoms with Crippen molar-refractivity contribution < 1.29 is 31.1 Å². The van der Waals surface area contributed by atoms with Gasteiger partial charge in [-0.15, -0.1) is 0 Å². The van der Waals surface area contributed by atoms with Gasteiger partial charge in [-0.1, -0.05) is 6.92 Å². The number of carbonyl (C=O) groups excluding carboxylic acids is 1. The molecule has 2 aromatic rings. The van der Waals surface area contributed by atoms with Gasteiger partial charge in [0.2, 0.25) is 10.0 Å². The summed E-state index contributed by atoms with van der Waals surface area (Å²) in [6.45, 7) is 3.04. The monoisotopic (exact) mass is 416 g/mol. The first-order valence-corrected chi connectivity index (χ1v) is 9.81. The van der Waals surface area contributed by atoms with Gasteiger partial charge in [0.25, 0.3) is 5.91 Å². The highest BCUT2D eigenvalue weighted by atomic mass is 32.2. The van der Waals surface area contributed by atoms with Crippen molar-refractivity contribution in [1.29, 1.82) is 0 Å². The molecule has 0 unspecified atom stereocenters. The lowest BCUT2D eigenvalue weighted by Crippen LogP contribution is -2.31. The van der Waals surface area contributed by atoms with Crippen molar-refractivity contribution >= 4 is 21.6 Å². The fraction of sp³-hybridized carbons (Fsp3) is 0.278. The normalized spacial score (nSPS) is 12.5. The largest absolute Gasteiger partial charge is 0.484 e. The average Bonchev–Trinajstić information content (AvgIpc) is 2.66. The molecular formula is C18H19F3N2O4S. The Labute approximate surface area is 160 Å². The maximum atomic E-state index is 13.5. The fourth-order valence-electron chi connectivity index (χ4n) is 2.09. The lowest BCUT2D eigenvalue weighted by molar-refractivity contribution is -0.118. The third-order valence-corrected chi connectivity index (χ3v) is 5.39. The van der Waals surface area contributed by atoms with Crippen molar-refractivity contribution in [2.45, 2.75) is 31.2 Å². The van der Waals surface area contributed by atoms with Crippen molar-refractivity contribution in [3.8, 4) is 5.75 Å². The van der Waals surface area contributed by atoms with Crippen LogP contribution in [0.25, 0.3) is 0 Å². The van der Waals surface area contributed by atoms with Gasteiger partial charge in [0.15, 0.2) is 24.1 Å². The molecule has 1 amide bonds. The van der Waals surface area contributed by atoms with E-state index in [0.717, 1.165) is 6.07 Å². The summed E-state index contributed by atoms with van der Waals surface area (Å²) in [7, 11) is -3.67. The number of hydrogen-bond acceptors (Lipinski definition) is 4. The van der Waals surface area contributed by atoms with E-state index in [1.807, 2.05) is 6.92 Å². The predicted molar refractivity (Wildman–Crippen MR) is 97.0 cm³/mol.